The van der Waals surface area contributed by atoms with Crippen LogP contribution in [0.2, 0.25) is 0 Å². The second-order valence-corrected chi connectivity index (χ2v) is 3.23. The Bertz CT molecular complexity index is 189. The van der Waals surface area contributed by atoms with Gasteiger partial charge in [0.05, 0.1) is 0 Å². The number of carbonyl (C=O) groups excluding carboxylic acids is 2. The highest BCUT2D eigenvalue weighted by Gasteiger charge is 2.29. The highest BCUT2D eigenvalue weighted by atomic mass is 16.1. The topological polar surface area (TPSA) is 60.2 Å². The third-order valence-corrected chi connectivity index (χ3v) is 2.44. The molecule has 0 aromatic carbocycles. The van der Waals surface area contributed by atoms with Crippen LogP contribution in [0.25, 0.3) is 0 Å². The van der Waals surface area contributed by atoms with Crippen LogP contribution in [0.15, 0.2) is 0 Å². The molecule has 62 valence electrons. The van der Waals surface area contributed by atoms with Crippen molar-refractivity contribution in [2.45, 2.75) is 26.2 Å². The van der Waals surface area contributed by atoms with Gasteiger partial charge in [0.25, 0.3) is 0 Å². The van der Waals surface area contributed by atoms with Crippen molar-refractivity contribution in [3.8, 4) is 0 Å². The lowest BCUT2D eigenvalue weighted by Gasteiger charge is -2.13. The summed E-state index contributed by atoms with van der Waals surface area (Å²) in [5.41, 5.74) is 5.11. The number of hydrogen-bond donors (Lipinski definition) is 1. The van der Waals surface area contributed by atoms with Gasteiger partial charge in [0.2, 0.25) is 5.91 Å². The highest BCUT2D eigenvalue weighted by Crippen LogP contribution is 2.28. The Labute approximate surface area is 66.0 Å². The van der Waals surface area contributed by atoms with Gasteiger partial charge in [-0.15, -0.1) is 0 Å². The Morgan fingerprint density at radius 1 is 1.73 bits per heavy atom. The molecule has 3 nitrogen and oxygen atoms in total. The van der Waals surface area contributed by atoms with Gasteiger partial charge in [0.1, 0.15) is 5.78 Å². The number of amides is 1. The molecule has 3 heteroatoms. The number of rotatable bonds is 2. The third-order valence-electron chi connectivity index (χ3n) is 2.44. The molecule has 0 aliphatic heterocycles. The maximum atomic E-state index is 10.8. The molecule has 0 heterocycles. The molecule has 0 aromatic rings. The van der Waals surface area contributed by atoms with Gasteiger partial charge in [-0.2, -0.15) is 0 Å². The molecule has 1 fully saturated rings. The van der Waals surface area contributed by atoms with E-state index < -0.39 is 0 Å². The predicted octanol–water partition coefficient (Wildman–Crippen LogP) is 0.477. The molecule has 1 aliphatic carbocycles. The monoisotopic (exact) mass is 155 g/mol. The molecule has 2 atom stereocenters. The van der Waals surface area contributed by atoms with Crippen LogP contribution in [0.1, 0.15) is 26.2 Å². The first-order chi connectivity index (χ1) is 5.11. The zero-order valence-electron chi connectivity index (χ0n) is 6.67. The van der Waals surface area contributed by atoms with Gasteiger partial charge in [-0.3, -0.25) is 9.59 Å². The average molecular weight is 155 g/mol. The van der Waals surface area contributed by atoms with Crippen LogP contribution in [0.3, 0.4) is 0 Å². The summed E-state index contributed by atoms with van der Waals surface area (Å²) in [7, 11) is 0. The number of Topliss-reactive ketones (excluding diaryl/α,β-unsaturated/α-hetero) is 1. The van der Waals surface area contributed by atoms with E-state index >= 15 is 0 Å². The molecule has 0 saturated heterocycles. The Morgan fingerprint density at radius 3 is 2.73 bits per heavy atom. The van der Waals surface area contributed by atoms with E-state index in [0.29, 0.717) is 12.8 Å². The van der Waals surface area contributed by atoms with Gasteiger partial charge >= 0.3 is 0 Å². The maximum Gasteiger partial charge on any atom is 0.220 e. The summed E-state index contributed by atoms with van der Waals surface area (Å²) in [6.07, 6.45) is 2.01. The lowest BCUT2D eigenvalue weighted by molar-refractivity contribution is -0.123. The molecule has 0 spiro atoms. The van der Waals surface area contributed by atoms with Crippen LogP contribution in [-0.2, 0) is 9.59 Å². The molecule has 0 aromatic heterocycles. The first-order valence-corrected chi connectivity index (χ1v) is 3.92. The minimum Gasteiger partial charge on any atom is -0.369 e. The molecule has 11 heavy (non-hydrogen) atoms. The number of carbonyl (C=O) groups is 2. The molecule has 1 saturated carbocycles. The lowest BCUT2D eigenvalue weighted by Crippen LogP contribution is -2.26. The SMILES string of the molecule is CC(C(N)=O)[C@@H]1CCC(=O)C1. The van der Waals surface area contributed by atoms with Crippen LogP contribution in [0, 0.1) is 11.8 Å². The molecule has 1 rings (SSSR count). The Kier molecular flexibility index (Phi) is 2.27. The van der Waals surface area contributed by atoms with E-state index in [2.05, 4.69) is 0 Å². The highest BCUT2D eigenvalue weighted by molar-refractivity contribution is 5.83. The molecule has 0 radical (unpaired) electrons. The zero-order chi connectivity index (χ0) is 8.43. The standard InChI is InChI=1S/C8H13NO2/c1-5(8(9)11)6-2-3-7(10)4-6/h5-6H,2-4H2,1H3,(H2,9,11)/t5?,6-/m1/s1. The summed E-state index contributed by atoms with van der Waals surface area (Å²) in [6.45, 7) is 1.80. The van der Waals surface area contributed by atoms with Crippen LogP contribution >= 0.6 is 0 Å². The predicted molar refractivity (Wildman–Crippen MR) is 40.7 cm³/mol. The van der Waals surface area contributed by atoms with E-state index in [9.17, 15) is 9.59 Å². The zero-order valence-corrected chi connectivity index (χ0v) is 6.67. The van der Waals surface area contributed by atoms with E-state index in [1.807, 2.05) is 0 Å². The van der Waals surface area contributed by atoms with Crippen molar-refractivity contribution in [3.05, 3.63) is 0 Å². The van der Waals surface area contributed by atoms with Crippen LogP contribution in [-0.4, -0.2) is 11.7 Å². The second-order valence-electron chi connectivity index (χ2n) is 3.23. The van der Waals surface area contributed by atoms with Crippen molar-refractivity contribution < 1.29 is 9.59 Å². The second kappa shape index (κ2) is 3.03. The van der Waals surface area contributed by atoms with E-state index in [4.69, 9.17) is 5.73 Å². The Hall–Kier alpha value is -0.860. The Morgan fingerprint density at radius 2 is 2.36 bits per heavy atom. The number of nitrogens with two attached hydrogens (primary N) is 1. The smallest absolute Gasteiger partial charge is 0.220 e. The minimum atomic E-state index is -0.287. The average Bonchev–Trinajstić information content (AvgIpc) is 2.34. The van der Waals surface area contributed by atoms with Crippen molar-refractivity contribution in [2.24, 2.45) is 17.6 Å². The van der Waals surface area contributed by atoms with Crippen LogP contribution in [0.4, 0.5) is 0 Å². The third kappa shape index (κ3) is 1.79. The normalized spacial score (nSPS) is 27.0. The van der Waals surface area contributed by atoms with Gasteiger partial charge < -0.3 is 5.73 Å². The summed E-state index contributed by atoms with van der Waals surface area (Å²) in [6, 6.07) is 0. The first kappa shape index (κ1) is 8.24. The molecule has 1 unspecified atom stereocenters. The number of ketones is 1. The maximum absolute atomic E-state index is 10.8. The molecule has 1 amide bonds. The molecule has 2 N–H and O–H groups in total. The van der Waals surface area contributed by atoms with Crippen molar-refractivity contribution in [1.82, 2.24) is 0 Å². The first-order valence-electron chi connectivity index (χ1n) is 3.92. The minimum absolute atomic E-state index is 0.138. The van der Waals surface area contributed by atoms with E-state index in [0.717, 1.165) is 6.42 Å². The number of hydrogen-bond acceptors (Lipinski definition) is 2. The number of primary amides is 1. The largest absolute Gasteiger partial charge is 0.369 e. The molecular formula is C8H13NO2. The summed E-state index contributed by atoms with van der Waals surface area (Å²) in [5.74, 6) is 0.0502. The van der Waals surface area contributed by atoms with Gasteiger partial charge in [-0.05, 0) is 12.3 Å². The summed E-state index contributed by atoms with van der Waals surface area (Å²) in [4.78, 5) is 21.5. The van der Waals surface area contributed by atoms with Crippen molar-refractivity contribution in [1.29, 1.82) is 0 Å². The van der Waals surface area contributed by atoms with Crippen LogP contribution in [0.5, 0.6) is 0 Å². The summed E-state index contributed by atoms with van der Waals surface area (Å²) >= 11 is 0. The molecule has 0 bridgehead atoms. The van der Waals surface area contributed by atoms with Gasteiger partial charge in [0, 0.05) is 18.8 Å². The van der Waals surface area contributed by atoms with Gasteiger partial charge in [-0.25, -0.2) is 0 Å². The molecule has 1 aliphatic rings. The van der Waals surface area contributed by atoms with E-state index in [-0.39, 0.29) is 23.5 Å². The van der Waals surface area contributed by atoms with Crippen LogP contribution < -0.4 is 5.73 Å². The fraction of sp³-hybridized carbons (Fsp3) is 0.750. The quantitative estimate of drug-likeness (QED) is 0.630. The van der Waals surface area contributed by atoms with Crippen molar-refractivity contribution in [2.75, 3.05) is 0 Å². The lowest BCUT2D eigenvalue weighted by atomic mass is 9.92. The van der Waals surface area contributed by atoms with E-state index in [1.54, 1.807) is 6.92 Å². The van der Waals surface area contributed by atoms with Gasteiger partial charge in [0.15, 0.2) is 0 Å². The summed E-state index contributed by atoms with van der Waals surface area (Å²) < 4.78 is 0. The fourth-order valence-electron chi connectivity index (χ4n) is 1.50. The molecular weight excluding hydrogens is 142 g/mol. The fourth-order valence-corrected chi connectivity index (χ4v) is 1.50. The van der Waals surface area contributed by atoms with Gasteiger partial charge in [-0.1, -0.05) is 6.92 Å². The summed E-state index contributed by atoms with van der Waals surface area (Å²) in [5, 5.41) is 0. The Balaban J connectivity index is 2.49. The van der Waals surface area contributed by atoms with E-state index in [1.165, 1.54) is 0 Å². The van der Waals surface area contributed by atoms with Crippen molar-refractivity contribution >= 4 is 11.7 Å². The van der Waals surface area contributed by atoms with Crippen molar-refractivity contribution in [3.63, 3.8) is 0 Å².